The van der Waals surface area contributed by atoms with E-state index < -0.39 is 11.7 Å². The molecule has 2 aromatic carbocycles. The number of aryl methyl sites for hydroxylation is 1. The summed E-state index contributed by atoms with van der Waals surface area (Å²) in [6, 6.07) is 16.1. The first-order chi connectivity index (χ1) is 15.0. The summed E-state index contributed by atoms with van der Waals surface area (Å²) in [5.74, 6) is 0. The number of pyridine rings is 1. The Kier molecular flexibility index (Phi) is 8.29. The molecular weight excluding hydrogens is 399 g/mol. The van der Waals surface area contributed by atoms with Crippen molar-refractivity contribution in [3.8, 4) is 0 Å². The smallest absolute Gasteiger partial charge is 0.384 e. The number of hydrogen-bond acceptors (Lipinski definition) is 3. The van der Waals surface area contributed by atoms with Crippen LogP contribution in [0.1, 0.15) is 37.3 Å². The number of hydrogen-bond donors (Lipinski definition) is 1. The van der Waals surface area contributed by atoms with Gasteiger partial charge in [0.25, 0.3) is 0 Å². The Labute approximate surface area is 182 Å². The maximum Gasteiger partial charge on any atom is 0.416 e. The molecule has 3 rings (SSSR count). The standard InChI is InChI=1S/C25H30F3N3/c1-2-16-31(17-6-10-20-8-4-3-5-9-20)18-7-14-29-23-13-15-30-24-19-21(25(26,27)28)11-12-22(23)24/h3-5,8-9,11-13,15,19H,2,6-7,10,14,16-18H2,1H3,(H,29,30). The Bertz CT molecular complexity index is 942. The van der Waals surface area contributed by atoms with Crippen LogP contribution in [-0.2, 0) is 12.6 Å². The van der Waals surface area contributed by atoms with Gasteiger partial charge in [-0.2, -0.15) is 13.2 Å². The molecule has 0 bridgehead atoms. The summed E-state index contributed by atoms with van der Waals surface area (Å²) in [6.07, 6.45) is 1.50. The number of benzene rings is 2. The molecule has 0 fully saturated rings. The predicted octanol–water partition coefficient (Wildman–Crippen LogP) is 6.40. The van der Waals surface area contributed by atoms with Crippen LogP contribution in [-0.4, -0.2) is 36.1 Å². The highest BCUT2D eigenvalue weighted by Gasteiger charge is 2.30. The third kappa shape index (κ3) is 6.96. The summed E-state index contributed by atoms with van der Waals surface area (Å²) in [6.45, 7) is 6.10. The molecular formula is C25H30F3N3. The number of fused-ring (bicyclic) bond motifs is 1. The number of nitrogens with zero attached hydrogens (tertiary/aromatic N) is 2. The fourth-order valence-corrected chi connectivity index (χ4v) is 3.81. The van der Waals surface area contributed by atoms with Gasteiger partial charge in [-0.15, -0.1) is 0 Å². The van der Waals surface area contributed by atoms with Crippen molar-refractivity contribution >= 4 is 16.6 Å². The fourth-order valence-electron chi connectivity index (χ4n) is 3.81. The van der Waals surface area contributed by atoms with Crippen molar-refractivity contribution < 1.29 is 13.2 Å². The number of nitrogens with one attached hydrogen (secondary N) is 1. The Hall–Kier alpha value is -2.60. The molecule has 0 radical (unpaired) electrons. The molecule has 3 nitrogen and oxygen atoms in total. The van der Waals surface area contributed by atoms with Gasteiger partial charge in [0.1, 0.15) is 0 Å². The maximum absolute atomic E-state index is 12.9. The lowest BCUT2D eigenvalue weighted by Gasteiger charge is -2.22. The summed E-state index contributed by atoms with van der Waals surface area (Å²) in [7, 11) is 0. The zero-order valence-corrected chi connectivity index (χ0v) is 18.0. The minimum absolute atomic E-state index is 0.355. The quantitative estimate of drug-likeness (QED) is 0.358. The van der Waals surface area contributed by atoms with Crippen LogP contribution in [0.15, 0.2) is 60.8 Å². The van der Waals surface area contributed by atoms with E-state index in [9.17, 15) is 13.2 Å². The predicted molar refractivity (Wildman–Crippen MR) is 121 cm³/mol. The Balaban J connectivity index is 1.49. The van der Waals surface area contributed by atoms with Gasteiger partial charge in [0.2, 0.25) is 0 Å². The molecule has 1 N–H and O–H groups in total. The molecule has 0 aliphatic heterocycles. The van der Waals surface area contributed by atoms with Crippen LogP contribution in [0.2, 0.25) is 0 Å². The average molecular weight is 430 g/mol. The van der Waals surface area contributed by atoms with Gasteiger partial charge in [0.15, 0.2) is 0 Å². The van der Waals surface area contributed by atoms with Crippen LogP contribution < -0.4 is 5.32 Å². The number of anilines is 1. The highest BCUT2D eigenvalue weighted by Crippen LogP contribution is 2.32. The minimum atomic E-state index is -4.36. The van der Waals surface area contributed by atoms with E-state index >= 15 is 0 Å². The molecule has 0 spiro atoms. The molecule has 1 aromatic heterocycles. The minimum Gasteiger partial charge on any atom is -0.384 e. The Morgan fingerprint density at radius 3 is 2.45 bits per heavy atom. The highest BCUT2D eigenvalue weighted by molar-refractivity contribution is 5.91. The molecule has 3 aromatic rings. The molecule has 0 unspecified atom stereocenters. The molecule has 1 heterocycles. The van der Waals surface area contributed by atoms with Gasteiger partial charge in [-0.3, -0.25) is 4.98 Å². The van der Waals surface area contributed by atoms with E-state index in [1.54, 1.807) is 6.20 Å². The largest absolute Gasteiger partial charge is 0.416 e. The molecule has 0 atom stereocenters. The molecule has 0 aliphatic rings. The van der Waals surface area contributed by atoms with E-state index in [2.05, 4.69) is 46.4 Å². The second-order valence-corrected chi connectivity index (χ2v) is 7.80. The molecule has 0 saturated carbocycles. The van der Waals surface area contributed by atoms with E-state index in [0.29, 0.717) is 10.9 Å². The van der Waals surface area contributed by atoms with E-state index in [1.807, 2.05) is 12.1 Å². The summed E-state index contributed by atoms with van der Waals surface area (Å²) in [4.78, 5) is 6.60. The van der Waals surface area contributed by atoms with Crippen LogP contribution >= 0.6 is 0 Å². The second-order valence-electron chi connectivity index (χ2n) is 7.80. The SMILES string of the molecule is CCCN(CCCNc1ccnc2cc(C(F)(F)F)ccc12)CCCc1ccccc1. The number of rotatable bonds is 11. The van der Waals surface area contributed by atoms with Gasteiger partial charge >= 0.3 is 6.18 Å². The van der Waals surface area contributed by atoms with Crippen molar-refractivity contribution in [2.75, 3.05) is 31.5 Å². The molecule has 31 heavy (non-hydrogen) atoms. The van der Waals surface area contributed by atoms with Crippen molar-refractivity contribution in [3.05, 3.63) is 71.9 Å². The summed E-state index contributed by atoms with van der Waals surface area (Å²) < 4.78 is 38.8. The van der Waals surface area contributed by atoms with E-state index in [1.165, 1.54) is 11.6 Å². The van der Waals surface area contributed by atoms with E-state index in [0.717, 1.165) is 69.7 Å². The lowest BCUT2D eigenvalue weighted by Crippen LogP contribution is -2.28. The summed E-state index contributed by atoms with van der Waals surface area (Å²) in [5, 5.41) is 4.09. The van der Waals surface area contributed by atoms with Crippen molar-refractivity contribution in [3.63, 3.8) is 0 Å². The Morgan fingerprint density at radius 1 is 0.935 bits per heavy atom. The molecule has 0 amide bonds. The van der Waals surface area contributed by atoms with Crippen LogP contribution in [0, 0.1) is 0 Å². The molecule has 0 aliphatic carbocycles. The molecule has 0 saturated heterocycles. The number of alkyl halides is 3. The van der Waals surface area contributed by atoms with Crippen molar-refractivity contribution in [2.45, 2.75) is 38.8 Å². The molecule has 166 valence electrons. The number of halogens is 3. The van der Waals surface area contributed by atoms with Crippen molar-refractivity contribution in [2.24, 2.45) is 0 Å². The van der Waals surface area contributed by atoms with Gasteiger partial charge in [-0.25, -0.2) is 0 Å². The van der Waals surface area contributed by atoms with Crippen LogP contribution in [0.4, 0.5) is 18.9 Å². The lowest BCUT2D eigenvalue weighted by molar-refractivity contribution is -0.137. The first-order valence-corrected chi connectivity index (χ1v) is 10.9. The van der Waals surface area contributed by atoms with Crippen LogP contribution in [0.5, 0.6) is 0 Å². The van der Waals surface area contributed by atoms with Crippen molar-refractivity contribution in [1.29, 1.82) is 0 Å². The first kappa shape index (κ1) is 23.1. The van der Waals surface area contributed by atoms with Gasteiger partial charge in [-0.05, 0) is 69.1 Å². The van der Waals surface area contributed by atoms with E-state index in [4.69, 9.17) is 0 Å². The van der Waals surface area contributed by atoms with Crippen molar-refractivity contribution in [1.82, 2.24) is 9.88 Å². The van der Waals surface area contributed by atoms with E-state index in [-0.39, 0.29) is 0 Å². The lowest BCUT2D eigenvalue weighted by atomic mass is 10.1. The topological polar surface area (TPSA) is 28.2 Å². The van der Waals surface area contributed by atoms with Crippen LogP contribution in [0.25, 0.3) is 10.9 Å². The van der Waals surface area contributed by atoms with Gasteiger partial charge in [0.05, 0.1) is 11.1 Å². The zero-order valence-electron chi connectivity index (χ0n) is 18.0. The maximum atomic E-state index is 12.9. The monoisotopic (exact) mass is 429 g/mol. The van der Waals surface area contributed by atoms with Gasteiger partial charge in [-0.1, -0.05) is 43.3 Å². The fraction of sp³-hybridized carbons (Fsp3) is 0.400. The van der Waals surface area contributed by atoms with Crippen LogP contribution in [0.3, 0.4) is 0 Å². The zero-order chi connectivity index (χ0) is 22.1. The summed E-state index contributed by atoms with van der Waals surface area (Å²) >= 11 is 0. The summed E-state index contributed by atoms with van der Waals surface area (Å²) in [5.41, 5.74) is 1.88. The Morgan fingerprint density at radius 2 is 1.71 bits per heavy atom. The third-order valence-corrected chi connectivity index (χ3v) is 5.36. The average Bonchev–Trinajstić information content (AvgIpc) is 2.76. The van der Waals surface area contributed by atoms with Gasteiger partial charge in [0, 0.05) is 23.8 Å². The molecule has 6 heteroatoms. The highest BCUT2D eigenvalue weighted by atomic mass is 19.4. The first-order valence-electron chi connectivity index (χ1n) is 10.9. The second kappa shape index (κ2) is 11.1. The normalized spacial score (nSPS) is 11.9. The number of aromatic nitrogens is 1. The third-order valence-electron chi connectivity index (χ3n) is 5.36. The van der Waals surface area contributed by atoms with Gasteiger partial charge < -0.3 is 10.2 Å².